The minimum absolute atomic E-state index is 0.0134. The molecule has 154 valence electrons. The standard InChI is InChI=1S/C21H24N2O6/c1-6-28-19(26)14(12-22-21(3,4)5)16(20(27)29-7-2)23-15-11-9-8-10-13(15)17(24)18(23)25/h8-11,16H,6-7H2,1-5H3. The zero-order valence-corrected chi connectivity index (χ0v) is 17.1. The Morgan fingerprint density at radius 2 is 1.72 bits per heavy atom. The van der Waals surface area contributed by atoms with Gasteiger partial charge in [-0.05, 0) is 52.6 Å². The van der Waals surface area contributed by atoms with E-state index in [0.717, 1.165) is 4.90 Å². The molecule has 1 atom stereocenters. The largest absolute Gasteiger partial charge is 0.464 e. The lowest BCUT2D eigenvalue weighted by atomic mass is 10.1. The minimum Gasteiger partial charge on any atom is -0.464 e. The number of Topliss-reactive ketones (excluding diaryl/α,β-unsaturated/α-hetero) is 1. The van der Waals surface area contributed by atoms with Crippen LogP contribution in [0.25, 0.3) is 0 Å². The van der Waals surface area contributed by atoms with Crippen LogP contribution in [0.3, 0.4) is 0 Å². The Morgan fingerprint density at radius 3 is 2.31 bits per heavy atom. The molecule has 0 aliphatic carbocycles. The molecule has 1 amide bonds. The molecule has 8 nitrogen and oxygen atoms in total. The highest BCUT2D eigenvalue weighted by atomic mass is 16.5. The molecule has 29 heavy (non-hydrogen) atoms. The van der Waals surface area contributed by atoms with Crippen molar-refractivity contribution >= 4 is 35.2 Å². The second-order valence-corrected chi connectivity index (χ2v) is 7.20. The summed E-state index contributed by atoms with van der Waals surface area (Å²) in [6.45, 7) is 8.59. The quantitative estimate of drug-likeness (QED) is 0.314. The van der Waals surface area contributed by atoms with Gasteiger partial charge < -0.3 is 9.47 Å². The number of aliphatic imine (C=N–C) groups is 1. The summed E-state index contributed by atoms with van der Waals surface area (Å²) in [6.07, 6.45) is 0. The topological polar surface area (TPSA) is 102 Å². The van der Waals surface area contributed by atoms with Crippen molar-refractivity contribution < 1.29 is 28.7 Å². The van der Waals surface area contributed by atoms with Gasteiger partial charge in [0.1, 0.15) is 5.57 Å². The molecular formula is C21H24N2O6. The fourth-order valence-corrected chi connectivity index (χ4v) is 2.69. The first-order chi connectivity index (χ1) is 13.6. The summed E-state index contributed by atoms with van der Waals surface area (Å²) in [5.74, 6) is -0.882. The molecule has 2 rings (SSSR count). The number of hydrogen-bond acceptors (Lipinski definition) is 7. The van der Waals surface area contributed by atoms with E-state index in [4.69, 9.17) is 9.47 Å². The number of ether oxygens (including phenoxy) is 2. The van der Waals surface area contributed by atoms with Gasteiger partial charge in [-0.3, -0.25) is 14.5 Å². The second kappa shape index (κ2) is 8.84. The number of carbonyl (C=O) groups excluding carboxylic acids is 4. The number of anilines is 1. The van der Waals surface area contributed by atoms with Crippen LogP contribution in [0.1, 0.15) is 45.0 Å². The van der Waals surface area contributed by atoms with Crippen LogP contribution in [-0.4, -0.2) is 54.3 Å². The van der Waals surface area contributed by atoms with Crippen LogP contribution < -0.4 is 4.90 Å². The SMILES string of the molecule is CCOC(=O)C(=C=NC(C)(C)C)C(C(=O)OCC)N1C(=O)C(=O)c2ccccc21. The van der Waals surface area contributed by atoms with Crippen molar-refractivity contribution in [3.05, 3.63) is 35.4 Å². The van der Waals surface area contributed by atoms with E-state index < -0.39 is 35.2 Å². The lowest BCUT2D eigenvalue weighted by Crippen LogP contribution is -2.48. The third-order valence-electron chi connectivity index (χ3n) is 3.87. The van der Waals surface area contributed by atoms with E-state index in [-0.39, 0.29) is 30.0 Å². The summed E-state index contributed by atoms with van der Waals surface area (Å²) in [4.78, 5) is 55.8. The Hall–Kier alpha value is -3.25. The summed E-state index contributed by atoms with van der Waals surface area (Å²) in [6, 6.07) is 4.68. The number of amides is 1. The smallest absolute Gasteiger partial charge is 0.346 e. The molecule has 1 heterocycles. The van der Waals surface area contributed by atoms with Crippen LogP contribution in [0.15, 0.2) is 34.8 Å². The van der Waals surface area contributed by atoms with Crippen molar-refractivity contribution in [1.29, 1.82) is 0 Å². The van der Waals surface area contributed by atoms with Crippen molar-refractivity contribution in [2.75, 3.05) is 18.1 Å². The van der Waals surface area contributed by atoms with Gasteiger partial charge in [0.15, 0.2) is 6.04 Å². The van der Waals surface area contributed by atoms with E-state index in [1.54, 1.807) is 46.8 Å². The number of esters is 2. The molecule has 0 saturated heterocycles. The predicted octanol–water partition coefficient (Wildman–Crippen LogP) is 2.11. The molecule has 1 aromatic rings. The number of rotatable bonds is 6. The fraction of sp³-hybridized carbons (Fsp3) is 0.429. The molecule has 0 saturated carbocycles. The maximum Gasteiger partial charge on any atom is 0.346 e. The average Bonchev–Trinajstić information content (AvgIpc) is 2.89. The summed E-state index contributed by atoms with van der Waals surface area (Å²) in [7, 11) is 0. The van der Waals surface area contributed by atoms with Gasteiger partial charge in [0.25, 0.3) is 5.78 Å². The summed E-state index contributed by atoms with van der Waals surface area (Å²) < 4.78 is 10.2. The Morgan fingerprint density at radius 1 is 1.10 bits per heavy atom. The molecule has 0 aromatic heterocycles. The van der Waals surface area contributed by atoms with Gasteiger partial charge in [0.05, 0.1) is 30.0 Å². The zero-order chi connectivity index (χ0) is 21.8. The molecular weight excluding hydrogens is 376 g/mol. The average molecular weight is 400 g/mol. The van der Waals surface area contributed by atoms with E-state index in [1.165, 1.54) is 12.1 Å². The first kappa shape index (κ1) is 22.0. The Kier molecular flexibility index (Phi) is 6.72. The zero-order valence-electron chi connectivity index (χ0n) is 17.1. The van der Waals surface area contributed by atoms with Crippen molar-refractivity contribution in [2.45, 2.75) is 46.2 Å². The molecule has 0 bridgehead atoms. The van der Waals surface area contributed by atoms with Gasteiger partial charge in [-0.15, -0.1) is 0 Å². The van der Waals surface area contributed by atoms with Crippen molar-refractivity contribution in [3.8, 4) is 0 Å². The van der Waals surface area contributed by atoms with Gasteiger partial charge in [-0.2, -0.15) is 0 Å². The summed E-state index contributed by atoms with van der Waals surface area (Å²) in [5.41, 5.74) is -0.569. The number of fused-ring (bicyclic) bond motifs is 1. The third kappa shape index (κ3) is 4.78. The predicted molar refractivity (Wildman–Crippen MR) is 106 cm³/mol. The highest BCUT2D eigenvalue weighted by Gasteiger charge is 2.46. The number of para-hydroxylation sites is 1. The number of carbonyl (C=O) groups is 4. The minimum atomic E-state index is -1.56. The first-order valence-electron chi connectivity index (χ1n) is 9.27. The monoisotopic (exact) mass is 400 g/mol. The number of nitrogens with zero attached hydrogens (tertiary/aromatic N) is 2. The molecule has 1 unspecified atom stereocenters. The highest BCUT2D eigenvalue weighted by Crippen LogP contribution is 2.32. The van der Waals surface area contributed by atoms with Gasteiger partial charge in [0.2, 0.25) is 0 Å². The van der Waals surface area contributed by atoms with E-state index in [1.807, 2.05) is 0 Å². The molecule has 8 heteroatoms. The molecule has 1 aliphatic heterocycles. The molecule has 0 spiro atoms. The Bertz CT molecular complexity index is 906. The van der Waals surface area contributed by atoms with E-state index in [0.29, 0.717) is 0 Å². The lowest BCUT2D eigenvalue weighted by molar-refractivity contribution is -0.147. The number of hydrogen-bond donors (Lipinski definition) is 0. The normalized spacial score (nSPS) is 14.0. The van der Waals surface area contributed by atoms with Crippen LogP contribution >= 0.6 is 0 Å². The number of ketones is 1. The van der Waals surface area contributed by atoms with Crippen LogP contribution in [0, 0.1) is 0 Å². The van der Waals surface area contributed by atoms with Gasteiger partial charge in [0, 0.05) is 0 Å². The Labute approximate surface area is 169 Å². The number of benzene rings is 1. The maximum absolute atomic E-state index is 12.8. The molecule has 0 radical (unpaired) electrons. The van der Waals surface area contributed by atoms with Crippen LogP contribution in [0.2, 0.25) is 0 Å². The van der Waals surface area contributed by atoms with Crippen LogP contribution in [-0.2, 0) is 23.9 Å². The molecule has 1 aromatic carbocycles. The summed E-state index contributed by atoms with van der Waals surface area (Å²) in [5, 5.41) is 0. The van der Waals surface area contributed by atoms with Gasteiger partial charge in [-0.25, -0.2) is 14.6 Å². The highest BCUT2D eigenvalue weighted by molar-refractivity contribution is 6.53. The van der Waals surface area contributed by atoms with Crippen molar-refractivity contribution in [1.82, 2.24) is 0 Å². The second-order valence-electron chi connectivity index (χ2n) is 7.20. The lowest BCUT2D eigenvalue weighted by Gasteiger charge is -2.26. The van der Waals surface area contributed by atoms with E-state index in [2.05, 4.69) is 10.9 Å². The molecule has 1 aliphatic rings. The Balaban J connectivity index is 2.73. The first-order valence-corrected chi connectivity index (χ1v) is 9.27. The maximum atomic E-state index is 12.8. The van der Waals surface area contributed by atoms with Gasteiger partial charge >= 0.3 is 17.8 Å². The van der Waals surface area contributed by atoms with E-state index >= 15 is 0 Å². The van der Waals surface area contributed by atoms with Gasteiger partial charge in [-0.1, -0.05) is 12.1 Å². The van der Waals surface area contributed by atoms with Crippen molar-refractivity contribution in [3.63, 3.8) is 0 Å². The molecule has 0 fully saturated rings. The van der Waals surface area contributed by atoms with E-state index in [9.17, 15) is 19.2 Å². The fourth-order valence-electron chi connectivity index (χ4n) is 2.69. The molecule has 0 N–H and O–H groups in total. The van der Waals surface area contributed by atoms with Crippen molar-refractivity contribution in [2.24, 2.45) is 4.99 Å². The third-order valence-corrected chi connectivity index (χ3v) is 3.87. The van der Waals surface area contributed by atoms with Crippen LogP contribution in [0.5, 0.6) is 0 Å². The van der Waals surface area contributed by atoms with Crippen LogP contribution in [0.4, 0.5) is 5.69 Å². The summed E-state index contributed by atoms with van der Waals surface area (Å²) >= 11 is 0.